The van der Waals surface area contributed by atoms with Crippen molar-refractivity contribution in [2.75, 3.05) is 0 Å². The van der Waals surface area contributed by atoms with Crippen LogP contribution in [0.3, 0.4) is 0 Å². The molecule has 0 saturated carbocycles. The van der Waals surface area contributed by atoms with E-state index in [4.69, 9.17) is 9.47 Å². The first-order valence-electron chi connectivity index (χ1n) is 9.34. The van der Waals surface area contributed by atoms with Crippen molar-refractivity contribution in [3.8, 4) is 0 Å². The van der Waals surface area contributed by atoms with Crippen molar-refractivity contribution in [1.29, 1.82) is 0 Å². The molecule has 1 fully saturated rings. The van der Waals surface area contributed by atoms with Gasteiger partial charge in [0.05, 0.1) is 11.8 Å². The summed E-state index contributed by atoms with van der Waals surface area (Å²) in [5.74, 6) is -1.92. The monoisotopic (exact) mass is 372 g/mol. The smallest absolute Gasteiger partial charge is 0.312 e. The molecular weight excluding hydrogens is 344 g/mol. The largest absolute Gasteiger partial charge is 0.425 e. The third-order valence-corrected chi connectivity index (χ3v) is 5.09. The van der Waals surface area contributed by atoms with E-state index < -0.39 is 24.1 Å². The molecule has 2 unspecified atom stereocenters. The lowest BCUT2D eigenvalue weighted by molar-refractivity contribution is -0.216. The Balaban J connectivity index is 2.43. The summed E-state index contributed by atoms with van der Waals surface area (Å²) in [4.78, 5) is 36.0. The van der Waals surface area contributed by atoms with E-state index in [2.05, 4.69) is 19.6 Å². The van der Waals surface area contributed by atoms with Gasteiger partial charge in [0, 0.05) is 6.92 Å². The van der Waals surface area contributed by atoms with Crippen LogP contribution in [0.1, 0.15) is 46.5 Å². The van der Waals surface area contributed by atoms with Crippen LogP contribution >= 0.6 is 0 Å². The van der Waals surface area contributed by atoms with Gasteiger partial charge in [-0.1, -0.05) is 42.0 Å². The SMILES string of the molecule is C=C(C)/C=C/C[C@@H]1C(=O)OC(OC(C)=O)C2/C(C=O)=C\C/C=C(\C)CC[C@@H]21. The Bertz CT molecular complexity index is 697. The number of carbonyl (C=O) groups excluding carboxylic acids is 3. The molecule has 27 heavy (non-hydrogen) atoms. The highest BCUT2D eigenvalue weighted by molar-refractivity contribution is 5.78. The van der Waals surface area contributed by atoms with Crippen LogP contribution in [0.2, 0.25) is 0 Å². The van der Waals surface area contributed by atoms with Crippen molar-refractivity contribution >= 4 is 18.2 Å². The van der Waals surface area contributed by atoms with E-state index in [0.717, 1.165) is 24.7 Å². The Morgan fingerprint density at radius 3 is 2.74 bits per heavy atom. The van der Waals surface area contributed by atoms with E-state index in [0.29, 0.717) is 18.4 Å². The first kappa shape index (κ1) is 20.9. The molecule has 2 aliphatic rings. The average Bonchev–Trinajstić information content (AvgIpc) is 2.66. The molecule has 0 bridgehead atoms. The zero-order chi connectivity index (χ0) is 20.0. The van der Waals surface area contributed by atoms with Crippen LogP contribution in [0.4, 0.5) is 0 Å². The standard InChI is InChI=1S/C22H28O5/c1-14(2)7-5-10-19-18-12-11-15(3)8-6-9-17(13-23)20(18)22(26-16(4)24)27-21(19)25/h5,7-9,13,18-20,22H,1,6,10-12H2,2-4H3/b7-5+,15-8+,17-9-/t18-,19+,20?,22?/m1/s1. The summed E-state index contributed by atoms with van der Waals surface area (Å²) < 4.78 is 10.8. The molecule has 0 aromatic heterocycles. The number of rotatable bonds is 5. The maximum absolute atomic E-state index is 12.7. The Labute approximate surface area is 160 Å². The normalized spacial score (nSPS) is 32.5. The number of carbonyl (C=O) groups is 3. The molecule has 0 aromatic carbocycles. The first-order chi connectivity index (χ1) is 12.8. The van der Waals surface area contributed by atoms with E-state index in [9.17, 15) is 14.4 Å². The molecule has 0 radical (unpaired) electrons. The number of ether oxygens (including phenoxy) is 2. The molecule has 5 nitrogen and oxygen atoms in total. The van der Waals surface area contributed by atoms with Gasteiger partial charge < -0.3 is 9.47 Å². The Hall–Kier alpha value is -2.43. The van der Waals surface area contributed by atoms with Crippen molar-refractivity contribution in [1.82, 2.24) is 0 Å². The van der Waals surface area contributed by atoms with Gasteiger partial charge in [-0.3, -0.25) is 14.4 Å². The van der Waals surface area contributed by atoms with Gasteiger partial charge in [0.2, 0.25) is 0 Å². The van der Waals surface area contributed by atoms with E-state index in [1.807, 2.05) is 25.2 Å². The maximum atomic E-state index is 12.7. The van der Waals surface area contributed by atoms with Gasteiger partial charge in [0.25, 0.3) is 6.29 Å². The lowest BCUT2D eigenvalue weighted by atomic mass is 9.71. The summed E-state index contributed by atoms with van der Waals surface area (Å²) in [7, 11) is 0. The van der Waals surface area contributed by atoms with Crippen molar-refractivity contribution < 1.29 is 23.9 Å². The Morgan fingerprint density at radius 2 is 2.11 bits per heavy atom. The van der Waals surface area contributed by atoms with E-state index in [1.54, 1.807) is 0 Å². The molecule has 0 aromatic rings. The number of aldehydes is 1. The number of esters is 2. The van der Waals surface area contributed by atoms with Crippen molar-refractivity contribution in [2.24, 2.45) is 17.8 Å². The molecule has 0 N–H and O–H groups in total. The summed E-state index contributed by atoms with van der Waals surface area (Å²) in [6, 6.07) is 0. The first-order valence-corrected chi connectivity index (χ1v) is 9.34. The minimum Gasteiger partial charge on any atom is -0.425 e. The van der Waals surface area contributed by atoms with Gasteiger partial charge in [-0.25, -0.2) is 0 Å². The highest BCUT2D eigenvalue weighted by Gasteiger charge is 2.48. The summed E-state index contributed by atoms with van der Waals surface area (Å²) in [6.07, 6.45) is 10.1. The van der Waals surface area contributed by atoms with E-state index >= 15 is 0 Å². The second-order valence-electron chi connectivity index (χ2n) is 7.34. The molecule has 0 amide bonds. The fourth-order valence-corrected chi connectivity index (χ4v) is 3.79. The molecule has 0 spiro atoms. The van der Waals surface area contributed by atoms with Crippen molar-refractivity contribution in [3.63, 3.8) is 0 Å². The fourth-order valence-electron chi connectivity index (χ4n) is 3.79. The fraction of sp³-hybridized carbons (Fsp3) is 0.500. The summed E-state index contributed by atoms with van der Waals surface area (Å²) >= 11 is 0. The van der Waals surface area contributed by atoms with Gasteiger partial charge in [-0.2, -0.15) is 0 Å². The number of hydrogen-bond acceptors (Lipinski definition) is 5. The zero-order valence-corrected chi connectivity index (χ0v) is 16.3. The number of allylic oxidation sites excluding steroid dienone is 6. The molecule has 2 rings (SSSR count). The van der Waals surface area contributed by atoms with Crippen LogP contribution in [-0.2, 0) is 23.9 Å². The molecule has 5 heteroatoms. The van der Waals surface area contributed by atoms with Gasteiger partial charge in [0.1, 0.15) is 6.29 Å². The van der Waals surface area contributed by atoms with E-state index in [1.165, 1.54) is 12.5 Å². The third-order valence-electron chi connectivity index (χ3n) is 5.09. The quantitative estimate of drug-likeness (QED) is 0.315. The molecule has 1 aliphatic carbocycles. The van der Waals surface area contributed by atoms with Crippen LogP contribution in [0.25, 0.3) is 0 Å². The van der Waals surface area contributed by atoms with Gasteiger partial charge in [-0.15, -0.1) is 0 Å². The van der Waals surface area contributed by atoms with E-state index in [-0.39, 0.29) is 11.9 Å². The average molecular weight is 372 g/mol. The molecule has 146 valence electrons. The second kappa shape index (κ2) is 9.49. The lowest BCUT2D eigenvalue weighted by Crippen LogP contribution is -2.48. The topological polar surface area (TPSA) is 69.7 Å². The predicted molar refractivity (Wildman–Crippen MR) is 102 cm³/mol. The molecular formula is C22H28O5. The Kier molecular flexibility index (Phi) is 7.34. The minimum atomic E-state index is -1.06. The number of cyclic esters (lactones) is 1. The Morgan fingerprint density at radius 1 is 1.37 bits per heavy atom. The molecule has 1 heterocycles. The van der Waals surface area contributed by atoms with Crippen LogP contribution < -0.4 is 0 Å². The van der Waals surface area contributed by atoms with Crippen LogP contribution in [0.15, 0.2) is 47.6 Å². The lowest BCUT2D eigenvalue weighted by Gasteiger charge is -2.41. The van der Waals surface area contributed by atoms with Gasteiger partial charge in [-0.05, 0) is 51.0 Å². The highest BCUT2D eigenvalue weighted by atomic mass is 16.7. The molecule has 4 atom stereocenters. The third kappa shape index (κ3) is 5.52. The van der Waals surface area contributed by atoms with Crippen LogP contribution in [-0.4, -0.2) is 24.5 Å². The summed E-state index contributed by atoms with van der Waals surface area (Å²) in [5, 5.41) is 0. The van der Waals surface area contributed by atoms with Crippen molar-refractivity contribution in [3.05, 3.63) is 47.6 Å². The highest BCUT2D eigenvalue weighted by Crippen LogP contribution is 2.42. The minimum absolute atomic E-state index is 0.150. The molecule has 1 aliphatic heterocycles. The van der Waals surface area contributed by atoms with Gasteiger partial charge >= 0.3 is 11.9 Å². The number of hydrogen-bond donors (Lipinski definition) is 0. The number of fused-ring (bicyclic) bond motifs is 1. The predicted octanol–water partition coefficient (Wildman–Crippen LogP) is 4.06. The van der Waals surface area contributed by atoms with Crippen LogP contribution in [0, 0.1) is 17.8 Å². The van der Waals surface area contributed by atoms with Crippen LogP contribution in [0.5, 0.6) is 0 Å². The van der Waals surface area contributed by atoms with Gasteiger partial charge in [0.15, 0.2) is 0 Å². The molecule has 1 saturated heterocycles. The summed E-state index contributed by atoms with van der Waals surface area (Å²) in [6.45, 7) is 9.04. The zero-order valence-electron chi connectivity index (χ0n) is 16.3. The van der Waals surface area contributed by atoms with Crippen molar-refractivity contribution in [2.45, 2.75) is 52.7 Å². The summed E-state index contributed by atoms with van der Waals surface area (Å²) in [5.41, 5.74) is 2.64. The maximum Gasteiger partial charge on any atom is 0.312 e. The second-order valence-corrected chi connectivity index (χ2v) is 7.34.